The molecule has 0 N–H and O–H groups in total. The predicted molar refractivity (Wildman–Crippen MR) is 101 cm³/mol. The molecule has 1 aliphatic rings. The Morgan fingerprint density at radius 1 is 1.00 bits per heavy atom. The first-order valence-corrected chi connectivity index (χ1v) is 10.6. The third-order valence-corrected chi connectivity index (χ3v) is 6.90. The van der Waals surface area contributed by atoms with Crippen LogP contribution in [0.1, 0.15) is 44.5 Å². The lowest BCUT2D eigenvalue weighted by Gasteiger charge is -2.35. The maximum Gasteiger partial charge on any atom is 0.253 e. The summed E-state index contributed by atoms with van der Waals surface area (Å²) in [5, 5.41) is -0.465. The van der Waals surface area contributed by atoms with E-state index in [4.69, 9.17) is 0 Å². The third kappa shape index (κ3) is 5.05. The van der Waals surface area contributed by atoms with Crippen molar-refractivity contribution < 1.29 is 13.2 Å². The molecule has 1 aromatic rings. The van der Waals surface area contributed by atoms with Gasteiger partial charge in [-0.3, -0.25) is 9.69 Å². The molecular weight excluding hydrogens is 336 g/mol. The molecule has 0 radical (unpaired) electrons. The molecule has 0 atom stereocenters. The molecule has 0 aliphatic carbocycles. The molecule has 1 amide bonds. The number of carbonyl (C=O) groups is 1. The zero-order chi connectivity index (χ0) is 18.6. The summed E-state index contributed by atoms with van der Waals surface area (Å²) in [5.74, 6) is 0.678. The van der Waals surface area contributed by atoms with Crippen LogP contribution in [0.15, 0.2) is 29.2 Å². The molecule has 1 aromatic carbocycles. The normalized spacial score (nSPS) is 16.6. The minimum Gasteiger partial charge on any atom is -0.336 e. The van der Waals surface area contributed by atoms with E-state index in [2.05, 4.69) is 18.7 Å². The third-order valence-electron chi connectivity index (χ3n) is 4.73. The van der Waals surface area contributed by atoms with Gasteiger partial charge in [-0.05, 0) is 57.0 Å². The van der Waals surface area contributed by atoms with Gasteiger partial charge in [-0.1, -0.05) is 13.8 Å². The van der Waals surface area contributed by atoms with Crippen molar-refractivity contribution in [2.75, 3.05) is 32.7 Å². The SMILES string of the molecule is CC(C)CCN1CCN(C(=O)c2ccc(S(=O)(=O)C(C)C)cc2)CC1. The van der Waals surface area contributed by atoms with Gasteiger partial charge in [0.05, 0.1) is 10.1 Å². The predicted octanol–water partition coefficient (Wildman–Crippen LogP) is 2.67. The molecule has 0 bridgehead atoms. The zero-order valence-corrected chi connectivity index (χ0v) is 16.6. The van der Waals surface area contributed by atoms with Crippen molar-refractivity contribution in [3.63, 3.8) is 0 Å². The van der Waals surface area contributed by atoms with Crippen LogP contribution in [0.5, 0.6) is 0 Å². The first-order chi connectivity index (χ1) is 11.7. The maximum atomic E-state index is 12.6. The second-order valence-electron chi connectivity index (χ2n) is 7.43. The van der Waals surface area contributed by atoms with Crippen molar-refractivity contribution in [1.29, 1.82) is 0 Å². The molecule has 0 spiro atoms. The Balaban J connectivity index is 1.96. The molecule has 140 valence electrons. The first kappa shape index (κ1) is 19.9. The highest BCUT2D eigenvalue weighted by atomic mass is 32.2. The summed E-state index contributed by atoms with van der Waals surface area (Å²) in [6.45, 7) is 12.1. The van der Waals surface area contributed by atoms with Crippen LogP contribution in [0, 0.1) is 5.92 Å². The summed E-state index contributed by atoms with van der Waals surface area (Å²) in [4.78, 5) is 17.2. The molecular formula is C19H30N2O3S. The lowest BCUT2D eigenvalue weighted by atomic mass is 10.1. The van der Waals surface area contributed by atoms with Crippen molar-refractivity contribution >= 4 is 15.7 Å². The fourth-order valence-electron chi connectivity index (χ4n) is 2.86. The highest BCUT2D eigenvalue weighted by Crippen LogP contribution is 2.18. The van der Waals surface area contributed by atoms with E-state index < -0.39 is 15.1 Å². The number of sulfone groups is 1. The lowest BCUT2D eigenvalue weighted by Crippen LogP contribution is -2.49. The van der Waals surface area contributed by atoms with Gasteiger partial charge in [-0.15, -0.1) is 0 Å². The summed E-state index contributed by atoms with van der Waals surface area (Å²) >= 11 is 0. The average Bonchev–Trinajstić information content (AvgIpc) is 2.59. The van der Waals surface area contributed by atoms with Crippen LogP contribution in [-0.4, -0.2) is 62.1 Å². The van der Waals surface area contributed by atoms with Gasteiger partial charge < -0.3 is 4.90 Å². The summed E-state index contributed by atoms with van der Waals surface area (Å²) < 4.78 is 24.3. The summed E-state index contributed by atoms with van der Waals surface area (Å²) in [5.41, 5.74) is 0.554. The lowest BCUT2D eigenvalue weighted by molar-refractivity contribution is 0.0631. The van der Waals surface area contributed by atoms with E-state index in [0.717, 1.165) is 32.7 Å². The smallest absolute Gasteiger partial charge is 0.253 e. The van der Waals surface area contributed by atoms with Crippen molar-refractivity contribution in [3.8, 4) is 0 Å². The van der Waals surface area contributed by atoms with Crippen molar-refractivity contribution in [1.82, 2.24) is 9.80 Å². The van der Waals surface area contributed by atoms with Crippen LogP contribution in [-0.2, 0) is 9.84 Å². The monoisotopic (exact) mass is 366 g/mol. The van der Waals surface area contributed by atoms with Gasteiger partial charge in [-0.25, -0.2) is 8.42 Å². The van der Waals surface area contributed by atoms with Crippen LogP contribution in [0.2, 0.25) is 0 Å². The number of piperazine rings is 1. The van der Waals surface area contributed by atoms with E-state index in [0.29, 0.717) is 11.5 Å². The molecule has 1 saturated heterocycles. The molecule has 25 heavy (non-hydrogen) atoms. The highest BCUT2D eigenvalue weighted by molar-refractivity contribution is 7.92. The average molecular weight is 367 g/mol. The van der Waals surface area contributed by atoms with Gasteiger partial charge in [0.25, 0.3) is 5.91 Å². The minimum atomic E-state index is -3.30. The van der Waals surface area contributed by atoms with E-state index in [1.807, 2.05) is 4.90 Å². The molecule has 0 aromatic heterocycles. The largest absolute Gasteiger partial charge is 0.336 e. The van der Waals surface area contributed by atoms with Crippen LogP contribution in [0.3, 0.4) is 0 Å². The first-order valence-electron chi connectivity index (χ1n) is 9.07. The van der Waals surface area contributed by atoms with Crippen LogP contribution < -0.4 is 0 Å². The fraction of sp³-hybridized carbons (Fsp3) is 0.632. The molecule has 0 unspecified atom stereocenters. The van der Waals surface area contributed by atoms with Crippen LogP contribution >= 0.6 is 0 Å². The van der Waals surface area contributed by atoms with E-state index in [1.165, 1.54) is 6.42 Å². The van der Waals surface area contributed by atoms with Crippen molar-refractivity contribution in [2.45, 2.75) is 44.3 Å². The van der Waals surface area contributed by atoms with Gasteiger partial charge in [0.2, 0.25) is 0 Å². The molecule has 1 fully saturated rings. The molecule has 1 heterocycles. The van der Waals surface area contributed by atoms with E-state index in [1.54, 1.807) is 38.1 Å². The number of hydrogen-bond donors (Lipinski definition) is 0. The number of nitrogens with zero attached hydrogens (tertiary/aromatic N) is 2. The Labute approximate surface area is 151 Å². The Bertz CT molecular complexity index is 673. The topological polar surface area (TPSA) is 57.7 Å². The Hall–Kier alpha value is -1.40. The van der Waals surface area contributed by atoms with Gasteiger partial charge >= 0.3 is 0 Å². The summed E-state index contributed by atoms with van der Waals surface area (Å²) in [6, 6.07) is 6.34. The van der Waals surface area contributed by atoms with Crippen molar-refractivity contribution in [2.24, 2.45) is 5.92 Å². The van der Waals surface area contributed by atoms with E-state index in [9.17, 15) is 13.2 Å². The van der Waals surface area contributed by atoms with Gasteiger partial charge in [0.1, 0.15) is 0 Å². The number of carbonyl (C=O) groups excluding carboxylic acids is 1. The molecule has 5 nitrogen and oxygen atoms in total. The molecule has 2 rings (SSSR count). The summed E-state index contributed by atoms with van der Waals surface area (Å²) in [6.07, 6.45) is 1.18. The highest BCUT2D eigenvalue weighted by Gasteiger charge is 2.23. The molecule has 1 aliphatic heterocycles. The molecule has 6 heteroatoms. The van der Waals surface area contributed by atoms with Gasteiger partial charge in [0, 0.05) is 31.7 Å². The zero-order valence-electron chi connectivity index (χ0n) is 15.7. The number of benzene rings is 1. The van der Waals surface area contributed by atoms with Crippen LogP contribution in [0.4, 0.5) is 0 Å². The summed E-state index contributed by atoms with van der Waals surface area (Å²) in [7, 11) is -3.30. The quantitative estimate of drug-likeness (QED) is 0.777. The van der Waals surface area contributed by atoms with Crippen molar-refractivity contribution in [3.05, 3.63) is 29.8 Å². The number of rotatable bonds is 6. The second kappa shape index (κ2) is 8.32. The van der Waals surface area contributed by atoms with Gasteiger partial charge in [0.15, 0.2) is 9.84 Å². The fourth-order valence-corrected chi connectivity index (χ4v) is 3.92. The maximum absolute atomic E-state index is 12.6. The number of hydrogen-bond acceptors (Lipinski definition) is 4. The second-order valence-corrected chi connectivity index (χ2v) is 9.94. The van der Waals surface area contributed by atoms with E-state index in [-0.39, 0.29) is 10.8 Å². The Morgan fingerprint density at radius 2 is 1.56 bits per heavy atom. The van der Waals surface area contributed by atoms with Crippen LogP contribution in [0.25, 0.3) is 0 Å². The Morgan fingerprint density at radius 3 is 2.04 bits per heavy atom. The standard InChI is InChI=1S/C19H30N2O3S/c1-15(2)9-10-20-11-13-21(14-12-20)19(22)17-5-7-18(8-6-17)25(23,24)16(3)4/h5-8,15-16H,9-14H2,1-4H3. The molecule has 0 saturated carbocycles. The van der Waals surface area contributed by atoms with Gasteiger partial charge in [-0.2, -0.15) is 0 Å². The number of amides is 1. The van der Waals surface area contributed by atoms with E-state index >= 15 is 0 Å². The minimum absolute atomic E-state index is 0.0167. The Kier molecular flexibility index (Phi) is 6.63.